The first kappa shape index (κ1) is 9.34. The molecule has 0 spiro atoms. The van der Waals surface area contributed by atoms with E-state index in [0.29, 0.717) is 6.61 Å². The molecule has 1 aliphatic carbocycles. The molecule has 2 rings (SSSR count). The van der Waals surface area contributed by atoms with Gasteiger partial charge >= 0.3 is 0 Å². The summed E-state index contributed by atoms with van der Waals surface area (Å²) in [6.45, 7) is 4.08. The summed E-state index contributed by atoms with van der Waals surface area (Å²) < 4.78 is 5.48. The van der Waals surface area contributed by atoms with Gasteiger partial charge in [-0.05, 0) is 26.0 Å². The summed E-state index contributed by atoms with van der Waals surface area (Å²) in [7, 11) is 0. The molecule has 0 bridgehead atoms. The Hall–Kier alpha value is -1.22. The molecule has 1 atom stereocenters. The molecule has 1 saturated heterocycles. The zero-order chi connectivity index (χ0) is 10.2. The van der Waals surface area contributed by atoms with Gasteiger partial charge in [-0.2, -0.15) is 0 Å². The zero-order valence-electron chi connectivity index (χ0n) is 8.45. The maximum atomic E-state index is 9.78. The fourth-order valence-electron chi connectivity index (χ4n) is 1.48. The van der Waals surface area contributed by atoms with Crippen LogP contribution >= 0.6 is 0 Å². The van der Waals surface area contributed by atoms with Gasteiger partial charge in [0, 0.05) is 5.57 Å². The average molecular weight is 193 g/mol. The molecule has 3 nitrogen and oxygen atoms in total. The molecule has 76 valence electrons. The molecule has 0 aromatic rings. The molecule has 0 amide bonds. The van der Waals surface area contributed by atoms with Crippen LogP contribution in [0.2, 0.25) is 0 Å². The molecule has 14 heavy (non-hydrogen) atoms. The van der Waals surface area contributed by atoms with E-state index in [1.54, 1.807) is 13.8 Å². The highest BCUT2D eigenvalue weighted by atomic mass is 16.5. The Labute approximate surface area is 83.8 Å². The van der Waals surface area contributed by atoms with Crippen LogP contribution in [-0.2, 0) is 4.74 Å². The van der Waals surface area contributed by atoms with E-state index < -0.39 is 5.60 Å². The van der Waals surface area contributed by atoms with Crippen LogP contribution in [0.15, 0.2) is 35.8 Å². The predicted octanol–water partition coefficient (Wildman–Crippen LogP) is 1.08. The summed E-state index contributed by atoms with van der Waals surface area (Å²) in [5.74, 6) is 0.766. The highest BCUT2D eigenvalue weighted by molar-refractivity contribution is 5.42. The van der Waals surface area contributed by atoms with E-state index in [1.807, 2.05) is 24.3 Å². The molecule has 0 saturated carbocycles. The first-order valence-electron chi connectivity index (χ1n) is 4.78. The summed E-state index contributed by atoms with van der Waals surface area (Å²) in [5.41, 5.74) is 0.283. The molecule has 0 unspecified atom stereocenters. The third-order valence-corrected chi connectivity index (χ3v) is 2.48. The molecule has 0 radical (unpaired) electrons. The molecule has 0 aromatic heterocycles. The second kappa shape index (κ2) is 3.17. The molecule has 3 heteroatoms. The van der Waals surface area contributed by atoms with Gasteiger partial charge in [0.1, 0.15) is 6.61 Å². The smallest absolute Gasteiger partial charge is 0.194 e. The van der Waals surface area contributed by atoms with E-state index in [1.165, 1.54) is 0 Å². The van der Waals surface area contributed by atoms with Crippen LogP contribution in [-0.4, -0.2) is 23.4 Å². The van der Waals surface area contributed by atoms with Crippen molar-refractivity contribution >= 4 is 0 Å². The third-order valence-electron chi connectivity index (χ3n) is 2.48. The van der Waals surface area contributed by atoms with Crippen LogP contribution in [0.4, 0.5) is 0 Å². The van der Waals surface area contributed by atoms with Crippen LogP contribution in [0.5, 0.6) is 0 Å². The number of aliphatic hydroxyl groups is 1. The zero-order valence-corrected chi connectivity index (χ0v) is 8.45. The van der Waals surface area contributed by atoms with Gasteiger partial charge in [-0.25, -0.2) is 0 Å². The third kappa shape index (κ3) is 1.68. The van der Waals surface area contributed by atoms with Crippen molar-refractivity contribution in [3.8, 4) is 0 Å². The largest absolute Gasteiger partial charge is 0.476 e. The Kier molecular flexibility index (Phi) is 2.11. The first-order chi connectivity index (χ1) is 6.57. The molecule has 1 aliphatic heterocycles. The minimum Gasteiger partial charge on any atom is -0.476 e. The van der Waals surface area contributed by atoms with Gasteiger partial charge in [0.2, 0.25) is 0 Å². The number of nitrogens with one attached hydrogen (secondary N) is 1. The summed E-state index contributed by atoms with van der Waals surface area (Å²) >= 11 is 0. The number of hydrogen-bond donors (Lipinski definition) is 2. The monoisotopic (exact) mass is 193 g/mol. The highest BCUT2D eigenvalue weighted by Crippen LogP contribution is 2.22. The van der Waals surface area contributed by atoms with Crippen molar-refractivity contribution in [2.24, 2.45) is 0 Å². The maximum Gasteiger partial charge on any atom is 0.194 e. The molecular weight excluding hydrogens is 178 g/mol. The molecule has 0 aromatic carbocycles. The topological polar surface area (TPSA) is 41.5 Å². The van der Waals surface area contributed by atoms with Crippen molar-refractivity contribution in [2.75, 3.05) is 6.61 Å². The first-order valence-corrected chi connectivity index (χ1v) is 4.78. The Morgan fingerprint density at radius 2 is 2.07 bits per heavy atom. The lowest BCUT2D eigenvalue weighted by molar-refractivity contribution is 0.0403. The Morgan fingerprint density at radius 1 is 1.43 bits per heavy atom. The second-order valence-electron chi connectivity index (χ2n) is 4.16. The van der Waals surface area contributed by atoms with Crippen molar-refractivity contribution in [1.82, 2.24) is 5.32 Å². The highest BCUT2D eigenvalue weighted by Gasteiger charge is 2.33. The van der Waals surface area contributed by atoms with Crippen molar-refractivity contribution in [3.63, 3.8) is 0 Å². The lowest BCUT2D eigenvalue weighted by Crippen LogP contribution is -2.44. The van der Waals surface area contributed by atoms with Crippen molar-refractivity contribution < 1.29 is 9.84 Å². The van der Waals surface area contributed by atoms with Crippen LogP contribution in [0.3, 0.4) is 0 Å². The van der Waals surface area contributed by atoms with Gasteiger partial charge < -0.3 is 15.2 Å². The Balaban J connectivity index is 2.12. The molecule has 1 fully saturated rings. The van der Waals surface area contributed by atoms with Crippen molar-refractivity contribution in [1.29, 1.82) is 0 Å². The van der Waals surface area contributed by atoms with Gasteiger partial charge in [0.25, 0.3) is 0 Å². The second-order valence-corrected chi connectivity index (χ2v) is 4.16. The van der Waals surface area contributed by atoms with E-state index in [4.69, 9.17) is 4.74 Å². The van der Waals surface area contributed by atoms with E-state index in [0.717, 1.165) is 11.5 Å². The standard InChI is InChI=1S/C11H15NO2/c1-11(2,13)9-7-14-10(12-9)8-5-3-4-6-8/h3-6,9,12-13H,7H2,1-2H3/t9-/m0/s1. The fourth-order valence-corrected chi connectivity index (χ4v) is 1.48. The number of rotatable bonds is 1. The summed E-state index contributed by atoms with van der Waals surface area (Å²) in [4.78, 5) is 0. The minimum absolute atomic E-state index is 0.0348. The Morgan fingerprint density at radius 3 is 2.57 bits per heavy atom. The van der Waals surface area contributed by atoms with Gasteiger partial charge in [-0.3, -0.25) is 0 Å². The van der Waals surface area contributed by atoms with Crippen molar-refractivity contribution in [3.05, 3.63) is 35.8 Å². The van der Waals surface area contributed by atoms with E-state index >= 15 is 0 Å². The van der Waals surface area contributed by atoms with Crippen molar-refractivity contribution in [2.45, 2.75) is 25.5 Å². The fraction of sp³-hybridized carbons (Fsp3) is 0.455. The van der Waals surface area contributed by atoms with Gasteiger partial charge in [0.15, 0.2) is 5.88 Å². The van der Waals surface area contributed by atoms with Crippen LogP contribution in [0.1, 0.15) is 13.8 Å². The molecule has 1 heterocycles. The summed E-state index contributed by atoms with van der Waals surface area (Å²) in [5, 5.41) is 13.0. The summed E-state index contributed by atoms with van der Waals surface area (Å²) in [6, 6.07) is -0.0348. The van der Waals surface area contributed by atoms with Crippen LogP contribution < -0.4 is 5.32 Å². The SMILES string of the molecule is CC(C)(O)[C@@H]1COC(=C2C=CC=C2)N1. The maximum absolute atomic E-state index is 9.78. The molecule has 2 aliphatic rings. The normalized spacial score (nSPS) is 25.5. The predicted molar refractivity (Wildman–Crippen MR) is 54.5 cm³/mol. The number of allylic oxidation sites excluding steroid dienone is 5. The van der Waals surface area contributed by atoms with Gasteiger partial charge in [0.05, 0.1) is 11.6 Å². The lowest BCUT2D eigenvalue weighted by Gasteiger charge is -2.23. The molecular formula is C11H15NO2. The van der Waals surface area contributed by atoms with E-state index in [2.05, 4.69) is 5.32 Å². The summed E-state index contributed by atoms with van der Waals surface area (Å²) in [6.07, 6.45) is 7.89. The van der Waals surface area contributed by atoms with Gasteiger partial charge in [-0.1, -0.05) is 12.2 Å². The van der Waals surface area contributed by atoms with E-state index in [-0.39, 0.29) is 6.04 Å². The Bertz CT molecular complexity index is 307. The number of hydrogen-bond acceptors (Lipinski definition) is 3. The number of ether oxygens (including phenoxy) is 1. The lowest BCUT2D eigenvalue weighted by atomic mass is 10.0. The van der Waals surface area contributed by atoms with Crippen LogP contribution in [0.25, 0.3) is 0 Å². The molecule has 2 N–H and O–H groups in total. The quantitative estimate of drug-likeness (QED) is 0.655. The van der Waals surface area contributed by atoms with Gasteiger partial charge in [-0.15, -0.1) is 0 Å². The van der Waals surface area contributed by atoms with E-state index in [9.17, 15) is 5.11 Å². The average Bonchev–Trinajstić information content (AvgIpc) is 2.73. The minimum atomic E-state index is -0.756. The van der Waals surface area contributed by atoms with Crippen LogP contribution in [0, 0.1) is 0 Å².